The van der Waals surface area contributed by atoms with E-state index in [1.54, 1.807) is 38.3 Å². The Kier molecular flexibility index (Phi) is 4.99. The smallest absolute Gasteiger partial charge is 0.262 e. The first-order chi connectivity index (χ1) is 12.8. The summed E-state index contributed by atoms with van der Waals surface area (Å²) in [4.78, 5) is 38.9. The summed E-state index contributed by atoms with van der Waals surface area (Å²) in [6.07, 6.45) is 0. The number of rotatable bonds is 5. The molecule has 0 aliphatic carbocycles. The van der Waals surface area contributed by atoms with E-state index in [4.69, 9.17) is 4.74 Å². The molecule has 140 valence electrons. The summed E-state index contributed by atoms with van der Waals surface area (Å²) in [5.41, 5.74) is 2.53. The van der Waals surface area contributed by atoms with Crippen LogP contribution in [-0.2, 0) is 4.79 Å². The minimum Gasteiger partial charge on any atom is -0.496 e. The molecule has 27 heavy (non-hydrogen) atoms. The number of methoxy groups -OCH3 is 1. The van der Waals surface area contributed by atoms with E-state index in [9.17, 15) is 14.4 Å². The van der Waals surface area contributed by atoms with Crippen LogP contribution in [0.25, 0.3) is 0 Å². The maximum Gasteiger partial charge on any atom is 0.262 e. The molecule has 6 nitrogen and oxygen atoms in total. The minimum atomic E-state index is -0.921. The zero-order valence-corrected chi connectivity index (χ0v) is 15.8. The molecule has 2 aromatic carbocycles. The predicted octanol–water partition coefficient (Wildman–Crippen LogP) is 2.87. The molecule has 3 rings (SSSR count). The third kappa shape index (κ3) is 3.30. The second kappa shape index (κ2) is 7.23. The van der Waals surface area contributed by atoms with Crippen molar-refractivity contribution in [1.29, 1.82) is 0 Å². The molecule has 0 spiro atoms. The SMILES string of the molecule is COc1ccc(C)cc1[C@@H](C)NC(=O)[C@H](C)N1C(=O)c2ccccc2C1=O. The number of hydrogen-bond acceptors (Lipinski definition) is 4. The van der Waals surface area contributed by atoms with Gasteiger partial charge in [-0.1, -0.05) is 29.8 Å². The highest BCUT2D eigenvalue weighted by Crippen LogP contribution is 2.27. The summed E-state index contributed by atoms with van der Waals surface area (Å²) in [5.74, 6) is -0.625. The largest absolute Gasteiger partial charge is 0.496 e. The number of carbonyl (C=O) groups excluding carboxylic acids is 3. The average molecular weight is 366 g/mol. The number of imide groups is 1. The van der Waals surface area contributed by atoms with Gasteiger partial charge in [0.2, 0.25) is 5.91 Å². The van der Waals surface area contributed by atoms with Crippen LogP contribution in [-0.4, -0.2) is 35.8 Å². The lowest BCUT2D eigenvalue weighted by molar-refractivity contribution is -0.125. The Balaban J connectivity index is 1.78. The van der Waals surface area contributed by atoms with Gasteiger partial charge in [-0.05, 0) is 39.0 Å². The van der Waals surface area contributed by atoms with Crippen LogP contribution in [0.15, 0.2) is 42.5 Å². The molecular formula is C21H22N2O4. The number of fused-ring (bicyclic) bond motifs is 1. The van der Waals surface area contributed by atoms with Crippen molar-refractivity contribution >= 4 is 17.7 Å². The molecule has 0 fully saturated rings. The van der Waals surface area contributed by atoms with E-state index in [2.05, 4.69) is 5.32 Å². The third-order valence-corrected chi connectivity index (χ3v) is 4.80. The first kappa shape index (κ1) is 18.6. The van der Waals surface area contributed by atoms with Gasteiger partial charge < -0.3 is 10.1 Å². The lowest BCUT2D eigenvalue weighted by atomic mass is 10.0. The van der Waals surface area contributed by atoms with E-state index in [1.165, 1.54) is 0 Å². The van der Waals surface area contributed by atoms with E-state index in [0.29, 0.717) is 16.9 Å². The number of ether oxygens (including phenoxy) is 1. The van der Waals surface area contributed by atoms with Crippen molar-refractivity contribution in [2.75, 3.05) is 7.11 Å². The highest BCUT2D eigenvalue weighted by atomic mass is 16.5. The maximum atomic E-state index is 12.7. The summed E-state index contributed by atoms with van der Waals surface area (Å²) < 4.78 is 5.37. The monoisotopic (exact) mass is 366 g/mol. The van der Waals surface area contributed by atoms with Crippen molar-refractivity contribution in [3.8, 4) is 5.75 Å². The Bertz CT molecular complexity index is 887. The van der Waals surface area contributed by atoms with Crippen LogP contribution in [0, 0.1) is 6.92 Å². The molecule has 2 aromatic rings. The van der Waals surface area contributed by atoms with Crippen LogP contribution < -0.4 is 10.1 Å². The average Bonchev–Trinajstić information content (AvgIpc) is 2.92. The maximum absolute atomic E-state index is 12.7. The molecule has 1 heterocycles. The fourth-order valence-electron chi connectivity index (χ4n) is 3.28. The van der Waals surface area contributed by atoms with Crippen LogP contribution in [0.2, 0.25) is 0 Å². The van der Waals surface area contributed by atoms with Crippen LogP contribution in [0.3, 0.4) is 0 Å². The summed E-state index contributed by atoms with van der Waals surface area (Å²) in [6.45, 7) is 5.35. The first-order valence-electron chi connectivity index (χ1n) is 8.77. The number of carbonyl (C=O) groups is 3. The fraction of sp³-hybridized carbons (Fsp3) is 0.286. The lowest BCUT2D eigenvalue weighted by Crippen LogP contribution is -2.48. The number of benzene rings is 2. The van der Waals surface area contributed by atoms with E-state index in [1.807, 2.05) is 32.0 Å². The summed E-state index contributed by atoms with van der Waals surface area (Å²) >= 11 is 0. The summed E-state index contributed by atoms with van der Waals surface area (Å²) in [6, 6.07) is 11.0. The van der Waals surface area contributed by atoms with Gasteiger partial charge in [0.15, 0.2) is 0 Å². The first-order valence-corrected chi connectivity index (χ1v) is 8.77. The van der Waals surface area contributed by atoms with Gasteiger partial charge in [-0.2, -0.15) is 0 Å². The topological polar surface area (TPSA) is 75.7 Å². The van der Waals surface area contributed by atoms with E-state index >= 15 is 0 Å². The number of hydrogen-bond donors (Lipinski definition) is 1. The van der Waals surface area contributed by atoms with Gasteiger partial charge in [0.25, 0.3) is 11.8 Å². The van der Waals surface area contributed by atoms with E-state index < -0.39 is 23.8 Å². The Morgan fingerprint density at radius 1 is 1.04 bits per heavy atom. The number of aryl methyl sites for hydroxylation is 1. The van der Waals surface area contributed by atoms with Crippen LogP contribution in [0.5, 0.6) is 5.75 Å². The van der Waals surface area contributed by atoms with E-state index in [-0.39, 0.29) is 6.04 Å². The zero-order valence-electron chi connectivity index (χ0n) is 15.8. The van der Waals surface area contributed by atoms with Crippen molar-refractivity contribution in [2.45, 2.75) is 32.9 Å². The van der Waals surface area contributed by atoms with Crippen molar-refractivity contribution in [3.05, 3.63) is 64.7 Å². The minimum absolute atomic E-state index is 0.329. The Morgan fingerprint density at radius 3 is 2.19 bits per heavy atom. The van der Waals surface area contributed by atoms with Crippen molar-refractivity contribution in [1.82, 2.24) is 10.2 Å². The zero-order chi connectivity index (χ0) is 19.7. The van der Waals surface area contributed by atoms with Gasteiger partial charge in [0, 0.05) is 5.56 Å². The van der Waals surface area contributed by atoms with Gasteiger partial charge in [-0.3, -0.25) is 19.3 Å². The highest BCUT2D eigenvalue weighted by molar-refractivity contribution is 6.22. The Labute approximate surface area is 158 Å². The molecule has 0 unspecified atom stereocenters. The van der Waals surface area contributed by atoms with Gasteiger partial charge in [0.05, 0.1) is 24.3 Å². The van der Waals surface area contributed by atoms with Crippen molar-refractivity contribution in [3.63, 3.8) is 0 Å². The molecule has 0 bridgehead atoms. The lowest BCUT2D eigenvalue weighted by Gasteiger charge is -2.24. The Morgan fingerprint density at radius 2 is 1.63 bits per heavy atom. The van der Waals surface area contributed by atoms with Crippen molar-refractivity contribution in [2.24, 2.45) is 0 Å². The van der Waals surface area contributed by atoms with Crippen LogP contribution in [0.4, 0.5) is 0 Å². The molecule has 0 aromatic heterocycles. The van der Waals surface area contributed by atoms with Gasteiger partial charge in [-0.25, -0.2) is 0 Å². The quantitative estimate of drug-likeness (QED) is 0.826. The van der Waals surface area contributed by atoms with Gasteiger partial charge >= 0.3 is 0 Å². The summed E-state index contributed by atoms with van der Waals surface area (Å²) in [5, 5.41) is 2.88. The molecular weight excluding hydrogens is 344 g/mol. The Hall–Kier alpha value is -3.15. The molecule has 0 radical (unpaired) electrons. The van der Waals surface area contributed by atoms with Crippen LogP contribution >= 0.6 is 0 Å². The highest BCUT2D eigenvalue weighted by Gasteiger charge is 2.40. The second-order valence-electron chi connectivity index (χ2n) is 6.68. The molecule has 0 saturated heterocycles. The molecule has 3 amide bonds. The molecule has 1 aliphatic heterocycles. The third-order valence-electron chi connectivity index (χ3n) is 4.80. The van der Waals surface area contributed by atoms with Crippen molar-refractivity contribution < 1.29 is 19.1 Å². The molecule has 1 N–H and O–H groups in total. The molecule has 0 saturated carbocycles. The molecule has 2 atom stereocenters. The van der Waals surface area contributed by atoms with Gasteiger partial charge in [0.1, 0.15) is 11.8 Å². The fourth-order valence-corrected chi connectivity index (χ4v) is 3.28. The number of amides is 3. The summed E-state index contributed by atoms with van der Waals surface area (Å²) in [7, 11) is 1.57. The van der Waals surface area contributed by atoms with Crippen LogP contribution in [0.1, 0.15) is 51.7 Å². The number of nitrogens with zero attached hydrogens (tertiary/aromatic N) is 1. The van der Waals surface area contributed by atoms with Gasteiger partial charge in [-0.15, -0.1) is 0 Å². The second-order valence-corrected chi connectivity index (χ2v) is 6.68. The molecule has 1 aliphatic rings. The number of nitrogens with one attached hydrogen (secondary N) is 1. The standard InChI is InChI=1S/C21H22N2O4/c1-12-9-10-18(27-4)17(11-12)13(2)22-19(24)14(3)23-20(25)15-7-5-6-8-16(15)21(23)26/h5-11,13-14H,1-4H3,(H,22,24)/t13-,14+/m1/s1. The predicted molar refractivity (Wildman–Crippen MR) is 101 cm³/mol. The molecule has 6 heteroatoms. The van der Waals surface area contributed by atoms with E-state index in [0.717, 1.165) is 16.0 Å². The normalized spacial score (nSPS) is 15.3.